The lowest BCUT2D eigenvalue weighted by Crippen LogP contribution is -2.32. The third-order valence-corrected chi connectivity index (χ3v) is 5.75. The molecule has 2 aliphatic heterocycles. The molecule has 5 heteroatoms. The molecule has 0 aliphatic carbocycles. The van der Waals surface area contributed by atoms with E-state index in [-0.39, 0.29) is 5.91 Å². The van der Waals surface area contributed by atoms with Gasteiger partial charge in [0.05, 0.1) is 0 Å². The van der Waals surface area contributed by atoms with Gasteiger partial charge in [-0.15, -0.1) is 0 Å². The van der Waals surface area contributed by atoms with Crippen LogP contribution in [-0.4, -0.2) is 48.0 Å². The summed E-state index contributed by atoms with van der Waals surface area (Å²) < 4.78 is 0. The quantitative estimate of drug-likeness (QED) is 0.869. The lowest BCUT2D eigenvalue weighted by molar-refractivity contribution is -0.116. The van der Waals surface area contributed by atoms with Gasteiger partial charge in [0.2, 0.25) is 5.91 Å². The highest BCUT2D eigenvalue weighted by molar-refractivity contribution is 7.99. The van der Waals surface area contributed by atoms with Crippen molar-refractivity contribution < 1.29 is 4.79 Å². The second kappa shape index (κ2) is 8.18. The maximum atomic E-state index is 12.3. The zero-order valence-corrected chi connectivity index (χ0v) is 14.8. The van der Waals surface area contributed by atoms with Crippen LogP contribution >= 0.6 is 11.8 Å². The molecule has 1 amide bonds. The molecule has 1 unspecified atom stereocenters. The SMILES string of the molecule is Cc1c(CN2CCSCC2)cccc1NC(=O)CC1CCCN1. The van der Waals surface area contributed by atoms with E-state index in [0.29, 0.717) is 12.5 Å². The summed E-state index contributed by atoms with van der Waals surface area (Å²) in [5, 5.41) is 6.50. The first-order valence-corrected chi connectivity index (χ1v) is 9.79. The standard InChI is InChI=1S/C18H27N3OS/c1-14-15(13-21-8-10-23-11-9-21)4-2-6-17(14)20-18(22)12-16-5-3-7-19-16/h2,4,6,16,19H,3,5,7-13H2,1H3,(H,20,22). The second-order valence-corrected chi connectivity index (χ2v) is 7.75. The Kier molecular flexibility index (Phi) is 5.97. The van der Waals surface area contributed by atoms with Crippen molar-refractivity contribution in [3.05, 3.63) is 29.3 Å². The Morgan fingerprint density at radius 3 is 2.96 bits per heavy atom. The van der Waals surface area contributed by atoms with Gasteiger partial charge >= 0.3 is 0 Å². The topological polar surface area (TPSA) is 44.4 Å². The van der Waals surface area contributed by atoms with Gasteiger partial charge in [-0.2, -0.15) is 11.8 Å². The number of benzene rings is 1. The average Bonchev–Trinajstić information content (AvgIpc) is 3.05. The molecule has 0 radical (unpaired) electrons. The third-order valence-electron chi connectivity index (χ3n) is 4.81. The molecule has 4 nitrogen and oxygen atoms in total. The highest BCUT2D eigenvalue weighted by atomic mass is 32.2. The van der Waals surface area contributed by atoms with Crippen molar-refractivity contribution >= 4 is 23.4 Å². The monoisotopic (exact) mass is 333 g/mol. The molecular formula is C18H27N3OS. The van der Waals surface area contributed by atoms with Crippen LogP contribution in [-0.2, 0) is 11.3 Å². The van der Waals surface area contributed by atoms with Crippen LogP contribution in [0.5, 0.6) is 0 Å². The number of carbonyl (C=O) groups is 1. The molecule has 2 saturated heterocycles. The number of carbonyl (C=O) groups excluding carboxylic acids is 1. The van der Waals surface area contributed by atoms with Crippen molar-refractivity contribution in [3.63, 3.8) is 0 Å². The fourth-order valence-electron chi connectivity index (χ4n) is 3.35. The van der Waals surface area contributed by atoms with Gasteiger partial charge in [-0.1, -0.05) is 12.1 Å². The smallest absolute Gasteiger partial charge is 0.225 e. The van der Waals surface area contributed by atoms with Crippen molar-refractivity contribution in [2.75, 3.05) is 36.5 Å². The molecule has 2 fully saturated rings. The Morgan fingerprint density at radius 1 is 1.39 bits per heavy atom. The van der Waals surface area contributed by atoms with Gasteiger partial charge in [-0.05, 0) is 43.5 Å². The summed E-state index contributed by atoms with van der Waals surface area (Å²) in [6.07, 6.45) is 2.87. The first-order chi connectivity index (χ1) is 11.2. The molecule has 0 spiro atoms. The third kappa shape index (κ3) is 4.72. The molecule has 2 N–H and O–H groups in total. The summed E-state index contributed by atoms with van der Waals surface area (Å²) in [7, 11) is 0. The number of anilines is 1. The van der Waals surface area contributed by atoms with Crippen molar-refractivity contribution in [2.45, 2.75) is 38.8 Å². The summed E-state index contributed by atoms with van der Waals surface area (Å²) >= 11 is 2.04. The number of thioether (sulfide) groups is 1. The molecule has 1 aromatic carbocycles. The van der Waals surface area contributed by atoms with E-state index < -0.39 is 0 Å². The van der Waals surface area contributed by atoms with Crippen LogP contribution in [0.2, 0.25) is 0 Å². The minimum absolute atomic E-state index is 0.124. The van der Waals surface area contributed by atoms with E-state index in [1.807, 2.05) is 17.8 Å². The number of rotatable bonds is 5. The van der Waals surface area contributed by atoms with Crippen LogP contribution in [0.15, 0.2) is 18.2 Å². The Bertz CT molecular complexity index is 537. The minimum Gasteiger partial charge on any atom is -0.326 e. The normalized spacial score (nSPS) is 22.2. The lowest BCUT2D eigenvalue weighted by Gasteiger charge is -2.27. The zero-order valence-electron chi connectivity index (χ0n) is 13.9. The average molecular weight is 334 g/mol. The lowest BCUT2D eigenvalue weighted by atomic mass is 10.1. The van der Waals surface area contributed by atoms with Crippen molar-refractivity contribution in [1.29, 1.82) is 0 Å². The second-order valence-electron chi connectivity index (χ2n) is 6.52. The minimum atomic E-state index is 0.124. The van der Waals surface area contributed by atoms with Gasteiger partial charge in [-0.3, -0.25) is 9.69 Å². The summed E-state index contributed by atoms with van der Waals surface area (Å²) in [6, 6.07) is 6.62. The number of nitrogens with one attached hydrogen (secondary N) is 2. The van der Waals surface area contributed by atoms with Crippen LogP contribution in [0.1, 0.15) is 30.4 Å². The highest BCUT2D eigenvalue weighted by Gasteiger charge is 2.18. The van der Waals surface area contributed by atoms with E-state index >= 15 is 0 Å². The van der Waals surface area contributed by atoms with Gasteiger partial charge in [0.25, 0.3) is 0 Å². The molecule has 2 heterocycles. The van der Waals surface area contributed by atoms with Crippen LogP contribution < -0.4 is 10.6 Å². The van der Waals surface area contributed by atoms with E-state index in [1.165, 1.54) is 29.1 Å². The van der Waals surface area contributed by atoms with Gasteiger partial charge < -0.3 is 10.6 Å². The predicted molar refractivity (Wildman–Crippen MR) is 98.1 cm³/mol. The van der Waals surface area contributed by atoms with Gasteiger partial charge in [-0.25, -0.2) is 0 Å². The first-order valence-electron chi connectivity index (χ1n) is 8.64. The zero-order chi connectivity index (χ0) is 16.1. The van der Waals surface area contributed by atoms with E-state index in [1.54, 1.807) is 0 Å². The van der Waals surface area contributed by atoms with E-state index in [0.717, 1.165) is 38.3 Å². The van der Waals surface area contributed by atoms with Crippen LogP contribution in [0, 0.1) is 6.92 Å². The molecule has 2 aliphatic rings. The molecule has 1 aromatic rings. The molecular weight excluding hydrogens is 306 g/mol. The van der Waals surface area contributed by atoms with Gasteiger partial charge in [0.1, 0.15) is 0 Å². The molecule has 23 heavy (non-hydrogen) atoms. The number of nitrogens with zero attached hydrogens (tertiary/aromatic N) is 1. The maximum absolute atomic E-state index is 12.3. The van der Waals surface area contributed by atoms with Gasteiger partial charge in [0, 0.05) is 49.3 Å². The molecule has 1 atom stereocenters. The molecule has 0 saturated carbocycles. The molecule has 126 valence electrons. The van der Waals surface area contributed by atoms with Crippen molar-refractivity contribution in [3.8, 4) is 0 Å². The molecule has 3 rings (SSSR count). The predicted octanol–water partition coefficient (Wildman–Crippen LogP) is 2.62. The van der Waals surface area contributed by atoms with E-state index in [4.69, 9.17) is 0 Å². The maximum Gasteiger partial charge on any atom is 0.225 e. The highest BCUT2D eigenvalue weighted by Crippen LogP contribution is 2.22. The van der Waals surface area contributed by atoms with Gasteiger partial charge in [0.15, 0.2) is 0 Å². The Hall–Kier alpha value is -1.04. The Labute approximate surface area is 143 Å². The molecule has 0 bridgehead atoms. The largest absolute Gasteiger partial charge is 0.326 e. The van der Waals surface area contributed by atoms with Crippen LogP contribution in [0.25, 0.3) is 0 Å². The van der Waals surface area contributed by atoms with Crippen molar-refractivity contribution in [1.82, 2.24) is 10.2 Å². The Morgan fingerprint density at radius 2 is 2.22 bits per heavy atom. The molecule has 0 aromatic heterocycles. The first kappa shape index (κ1) is 16.8. The van der Waals surface area contributed by atoms with E-state index in [9.17, 15) is 4.79 Å². The number of hydrogen-bond acceptors (Lipinski definition) is 4. The summed E-state index contributed by atoms with van der Waals surface area (Å²) in [5.41, 5.74) is 3.50. The summed E-state index contributed by atoms with van der Waals surface area (Å²) in [4.78, 5) is 14.8. The van der Waals surface area contributed by atoms with Crippen LogP contribution in [0.4, 0.5) is 5.69 Å². The van der Waals surface area contributed by atoms with E-state index in [2.05, 4.69) is 34.6 Å². The fourth-order valence-corrected chi connectivity index (χ4v) is 4.33. The number of amides is 1. The Balaban J connectivity index is 1.60. The number of hydrogen-bond donors (Lipinski definition) is 2. The summed E-state index contributed by atoms with van der Waals surface area (Å²) in [5.74, 6) is 2.58. The summed E-state index contributed by atoms with van der Waals surface area (Å²) in [6.45, 7) is 6.47. The van der Waals surface area contributed by atoms with Crippen molar-refractivity contribution in [2.24, 2.45) is 0 Å². The van der Waals surface area contributed by atoms with Crippen LogP contribution in [0.3, 0.4) is 0 Å². The fraction of sp³-hybridized carbons (Fsp3) is 0.611.